The molecule has 15 nitrogen and oxygen atoms in total. The highest BCUT2D eigenvalue weighted by molar-refractivity contribution is 6.01. The number of rotatable bonds is 8. The molecule has 8 N–H and O–H groups in total. The first-order valence-electron chi connectivity index (χ1n) is 17.0. The lowest BCUT2D eigenvalue weighted by atomic mass is 9.70. The fraction of sp³-hybridized carbons (Fsp3) is 0.579. The summed E-state index contributed by atoms with van der Waals surface area (Å²) in [6, 6.07) is 0. The molecule has 0 aromatic heterocycles. The zero-order chi connectivity index (χ0) is 40.9. The summed E-state index contributed by atoms with van der Waals surface area (Å²) in [4.78, 5) is 46.6. The van der Waals surface area contributed by atoms with Crippen LogP contribution in [0.2, 0.25) is 0 Å². The van der Waals surface area contributed by atoms with Gasteiger partial charge in [-0.1, -0.05) is 51.0 Å². The Bertz CT molecular complexity index is 1640. The molecular weight excluding hydrogens is 696 g/mol. The van der Waals surface area contributed by atoms with E-state index in [0.717, 1.165) is 16.7 Å². The molecule has 0 aromatic rings. The van der Waals surface area contributed by atoms with Crippen LogP contribution in [0.15, 0.2) is 68.6 Å². The largest absolute Gasteiger partial charge is 0.505 e. The topological polar surface area (TPSA) is 258 Å². The van der Waals surface area contributed by atoms with E-state index in [1.54, 1.807) is 13.8 Å². The molecule has 0 amide bonds. The summed E-state index contributed by atoms with van der Waals surface area (Å²) in [5.41, 5.74) is 5.02. The van der Waals surface area contributed by atoms with E-state index in [-0.39, 0.29) is 28.2 Å². The molecule has 2 aliphatic heterocycles. The second-order valence-electron chi connectivity index (χ2n) is 15.1. The van der Waals surface area contributed by atoms with Gasteiger partial charge in [-0.25, -0.2) is 9.59 Å². The van der Waals surface area contributed by atoms with Crippen molar-refractivity contribution in [1.29, 1.82) is 0 Å². The quantitative estimate of drug-likeness (QED) is 0.166. The van der Waals surface area contributed by atoms with Crippen LogP contribution >= 0.6 is 0 Å². The zero-order valence-electron chi connectivity index (χ0n) is 31.9. The van der Waals surface area contributed by atoms with Gasteiger partial charge < -0.3 is 55.1 Å². The van der Waals surface area contributed by atoms with Gasteiger partial charge in [-0.3, -0.25) is 9.59 Å². The molecule has 0 saturated heterocycles. The van der Waals surface area contributed by atoms with E-state index in [2.05, 4.69) is 24.7 Å². The van der Waals surface area contributed by atoms with Crippen molar-refractivity contribution in [1.82, 2.24) is 0 Å². The average Bonchev–Trinajstić information content (AvgIpc) is 3.50. The number of esters is 2. The monoisotopic (exact) mass is 750 g/mol. The van der Waals surface area contributed by atoms with E-state index in [4.69, 9.17) is 35.0 Å². The van der Waals surface area contributed by atoms with Crippen molar-refractivity contribution in [3.8, 4) is 0 Å². The molecule has 296 valence electrons. The molecule has 4 aliphatic rings. The molecule has 0 bridgehead atoms. The summed E-state index contributed by atoms with van der Waals surface area (Å²) >= 11 is 0. The number of hydrogen-bond acceptors (Lipinski definition) is 15. The predicted molar refractivity (Wildman–Crippen MR) is 190 cm³/mol. The number of aliphatic hydroxyl groups excluding tert-OH is 8. The maximum atomic E-state index is 12.8. The normalized spacial score (nSPS) is 26.2. The SMILES string of the molecule is CC(C)=CC1=C(C)C(=O)C(O)CC1(C)C.CC(C)=CC1=C(C)C(=O)C(OC2=C(O)C(=O)O[C@@H]2[C@@H](O)CO)CC1(C)C.O=C1O[C@H]([C@@H](O)CO)C(O)=C1O. The standard InChI is InChI=1S/C19H26O7.C13H20O2.C6H8O6/c1-9(2)6-11-10(3)14(22)13(7-19(11,4)5)25-17-15(23)18(24)26-16(17)12(21)8-20;1-8(2)6-10-9(3)12(15)11(14)7-13(10,4)5;7-1-2(8)5-3(9)4(10)6(11)12-5/h6,12-13,16,20-21,23H,7-8H2,1-5H3;6,11,14H,7H2,1-5H3;2,5,7-10H,1H2/t12-,13?,16+;;2-,5+/m0.0/s1. The number of allylic oxidation sites excluding steroid dienone is 6. The van der Waals surface area contributed by atoms with E-state index in [1.807, 2.05) is 47.6 Å². The maximum absolute atomic E-state index is 12.8. The third-order valence-corrected chi connectivity index (χ3v) is 9.07. The molecule has 2 unspecified atom stereocenters. The number of aliphatic hydroxyl groups is 8. The van der Waals surface area contributed by atoms with Crippen molar-refractivity contribution >= 4 is 23.5 Å². The van der Waals surface area contributed by atoms with Crippen LogP contribution in [0, 0.1) is 10.8 Å². The fourth-order valence-electron chi connectivity index (χ4n) is 6.31. The Hall–Kier alpha value is -4.28. The highest BCUT2D eigenvalue weighted by Crippen LogP contribution is 2.43. The van der Waals surface area contributed by atoms with Gasteiger partial charge in [0.25, 0.3) is 0 Å². The van der Waals surface area contributed by atoms with Crippen LogP contribution in [0.4, 0.5) is 0 Å². The molecule has 4 rings (SSSR count). The molecule has 0 saturated carbocycles. The van der Waals surface area contributed by atoms with E-state index >= 15 is 0 Å². The van der Waals surface area contributed by atoms with E-state index in [9.17, 15) is 34.5 Å². The van der Waals surface area contributed by atoms with Gasteiger partial charge in [0.1, 0.15) is 18.3 Å². The number of Topliss-reactive ketones (excluding diaryl/α,β-unsaturated/α-hetero) is 2. The summed E-state index contributed by atoms with van der Waals surface area (Å²) in [6.07, 6.45) is -2.46. The first-order chi connectivity index (χ1) is 24.3. The van der Waals surface area contributed by atoms with Crippen molar-refractivity contribution in [3.63, 3.8) is 0 Å². The number of carbonyl (C=O) groups excluding carboxylic acids is 4. The van der Waals surface area contributed by atoms with Gasteiger partial charge in [-0.15, -0.1) is 0 Å². The van der Waals surface area contributed by atoms with Gasteiger partial charge in [0, 0.05) is 6.42 Å². The Labute approximate surface area is 308 Å². The zero-order valence-corrected chi connectivity index (χ0v) is 31.9. The Kier molecular flexibility index (Phi) is 15.0. The predicted octanol–water partition coefficient (Wildman–Crippen LogP) is 2.92. The van der Waals surface area contributed by atoms with E-state index in [0.29, 0.717) is 24.0 Å². The summed E-state index contributed by atoms with van der Waals surface area (Å²) in [7, 11) is 0. The van der Waals surface area contributed by atoms with Crippen LogP contribution in [-0.4, -0.2) is 114 Å². The molecule has 6 atom stereocenters. The number of ether oxygens (including phenoxy) is 3. The number of ketones is 2. The lowest BCUT2D eigenvalue weighted by Gasteiger charge is -2.37. The van der Waals surface area contributed by atoms with Crippen molar-refractivity contribution in [2.75, 3.05) is 13.2 Å². The minimum atomic E-state index is -1.46. The lowest BCUT2D eigenvalue weighted by Crippen LogP contribution is -2.40. The van der Waals surface area contributed by atoms with Crippen LogP contribution in [0.3, 0.4) is 0 Å². The minimum Gasteiger partial charge on any atom is -0.505 e. The Morgan fingerprint density at radius 3 is 1.58 bits per heavy atom. The second-order valence-corrected chi connectivity index (χ2v) is 15.1. The molecule has 15 heteroatoms. The van der Waals surface area contributed by atoms with Gasteiger partial charge in [-0.2, -0.15) is 0 Å². The molecule has 53 heavy (non-hydrogen) atoms. The Morgan fingerprint density at radius 1 is 0.736 bits per heavy atom. The Morgan fingerprint density at radius 2 is 1.15 bits per heavy atom. The van der Waals surface area contributed by atoms with E-state index < -0.39 is 79.1 Å². The van der Waals surface area contributed by atoms with Gasteiger partial charge in [0.15, 0.2) is 41.4 Å². The molecule has 0 fully saturated rings. The van der Waals surface area contributed by atoms with E-state index in [1.165, 1.54) is 5.57 Å². The number of hydrogen-bond donors (Lipinski definition) is 8. The van der Waals surface area contributed by atoms with Crippen molar-refractivity contribution < 1.29 is 74.2 Å². The fourth-order valence-corrected chi connectivity index (χ4v) is 6.31. The highest BCUT2D eigenvalue weighted by Gasteiger charge is 2.46. The lowest BCUT2D eigenvalue weighted by molar-refractivity contribution is -0.149. The summed E-state index contributed by atoms with van der Waals surface area (Å²) in [5, 5.41) is 73.5. The third kappa shape index (κ3) is 10.4. The van der Waals surface area contributed by atoms with Gasteiger partial charge in [-0.05, 0) is 81.1 Å². The first kappa shape index (κ1) is 44.9. The van der Waals surface area contributed by atoms with Crippen LogP contribution in [0.1, 0.15) is 82.1 Å². The summed E-state index contributed by atoms with van der Waals surface area (Å²) in [5.74, 6) is -5.32. The summed E-state index contributed by atoms with van der Waals surface area (Å²) in [6.45, 7) is 18.2. The molecule has 0 spiro atoms. The molecule has 2 heterocycles. The Balaban J connectivity index is 0.000000304. The van der Waals surface area contributed by atoms with Gasteiger partial charge >= 0.3 is 11.9 Å². The molecule has 2 aliphatic carbocycles. The van der Waals surface area contributed by atoms with Crippen LogP contribution in [0.25, 0.3) is 0 Å². The first-order valence-corrected chi connectivity index (χ1v) is 17.0. The average molecular weight is 751 g/mol. The highest BCUT2D eigenvalue weighted by atomic mass is 16.6. The third-order valence-electron chi connectivity index (χ3n) is 9.07. The molecule has 0 radical (unpaired) electrons. The number of carbonyl (C=O) groups is 4. The minimum absolute atomic E-state index is 0.116. The van der Waals surface area contributed by atoms with Crippen molar-refractivity contribution in [2.45, 2.75) is 119 Å². The smallest absolute Gasteiger partial charge is 0.378 e. The maximum Gasteiger partial charge on any atom is 0.378 e. The van der Waals surface area contributed by atoms with Crippen LogP contribution in [-0.2, 0) is 33.4 Å². The van der Waals surface area contributed by atoms with Crippen LogP contribution < -0.4 is 0 Å². The summed E-state index contributed by atoms with van der Waals surface area (Å²) < 4.78 is 14.8. The van der Waals surface area contributed by atoms with Crippen molar-refractivity contribution in [3.05, 3.63) is 68.6 Å². The number of cyclic esters (lactones) is 2. The molecular formula is C38H54O15. The van der Waals surface area contributed by atoms with Crippen LogP contribution in [0.5, 0.6) is 0 Å². The van der Waals surface area contributed by atoms with Gasteiger partial charge in [0.05, 0.1) is 13.2 Å². The molecule has 0 aromatic carbocycles. The second kappa shape index (κ2) is 17.7. The van der Waals surface area contributed by atoms with Crippen molar-refractivity contribution in [2.24, 2.45) is 10.8 Å². The van der Waals surface area contributed by atoms with Gasteiger partial charge in [0.2, 0.25) is 11.5 Å².